The summed E-state index contributed by atoms with van der Waals surface area (Å²) >= 11 is 0. The number of aryl methyl sites for hydroxylation is 1. The highest BCUT2D eigenvalue weighted by molar-refractivity contribution is 5.76. The van der Waals surface area contributed by atoms with Crippen molar-refractivity contribution < 1.29 is 14.6 Å². The summed E-state index contributed by atoms with van der Waals surface area (Å²) < 4.78 is 5.56. The number of hydrogen-bond donors (Lipinski definition) is 2. The van der Waals surface area contributed by atoms with Crippen LogP contribution >= 0.6 is 0 Å². The lowest BCUT2D eigenvalue weighted by molar-refractivity contribution is -0.122. The zero-order valence-corrected chi connectivity index (χ0v) is 12.6. The van der Waals surface area contributed by atoms with Gasteiger partial charge in [-0.05, 0) is 31.4 Å². The van der Waals surface area contributed by atoms with Crippen LogP contribution in [-0.2, 0) is 4.79 Å². The van der Waals surface area contributed by atoms with Crippen LogP contribution in [0.25, 0.3) is 0 Å². The van der Waals surface area contributed by atoms with Crippen molar-refractivity contribution in [3.63, 3.8) is 0 Å². The molecule has 0 saturated heterocycles. The molecule has 0 spiro atoms. The van der Waals surface area contributed by atoms with Crippen molar-refractivity contribution in [2.24, 2.45) is 5.92 Å². The number of rotatable bonds is 8. The molecule has 1 rings (SSSR count). The summed E-state index contributed by atoms with van der Waals surface area (Å²) in [6.45, 7) is 6.47. The highest BCUT2D eigenvalue weighted by atomic mass is 16.5. The number of nitrogens with one attached hydrogen (secondary N) is 1. The van der Waals surface area contributed by atoms with Crippen molar-refractivity contribution in [1.29, 1.82) is 0 Å². The summed E-state index contributed by atoms with van der Waals surface area (Å²) in [5.41, 5.74) is 1.19. The number of amides is 1. The summed E-state index contributed by atoms with van der Waals surface area (Å²) in [4.78, 5) is 11.7. The molecule has 0 saturated carbocycles. The third-order valence-electron chi connectivity index (χ3n) is 3.19. The number of carbonyl (C=O) groups is 1. The number of aliphatic hydroxyl groups is 1. The predicted molar refractivity (Wildman–Crippen MR) is 79.8 cm³/mol. The van der Waals surface area contributed by atoms with Gasteiger partial charge in [-0.2, -0.15) is 0 Å². The average molecular weight is 279 g/mol. The molecule has 20 heavy (non-hydrogen) atoms. The van der Waals surface area contributed by atoms with E-state index in [4.69, 9.17) is 9.84 Å². The van der Waals surface area contributed by atoms with Gasteiger partial charge >= 0.3 is 0 Å². The summed E-state index contributed by atoms with van der Waals surface area (Å²) in [6.07, 6.45) is 1.07. The minimum atomic E-state index is -0.166. The van der Waals surface area contributed by atoms with Crippen LogP contribution in [0.3, 0.4) is 0 Å². The Labute approximate surface area is 121 Å². The minimum absolute atomic E-state index is 0.0245. The Bertz CT molecular complexity index is 401. The van der Waals surface area contributed by atoms with E-state index in [-0.39, 0.29) is 24.5 Å². The molecule has 112 valence electrons. The lowest BCUT2D eigenvalue weighted by Gasteiger charge is -2.19. The number of aliphatic hydroxyl groups excluding tert-OH is 1. The van der Waals surface area contributed by atoms with E-state index >= 15 is 0 Å². The highest BCUT2D eigenvalue weighted by Gasteiger charge is 2.14. The molecule has 1 aromatic rings. The quantitative estimate of drug-likeness (QED) is 0.718. The molecule has 0 aliphatic heterocycles. The lowest BCUT2D eigenvalue weighted by Crippen LogP contribution is -2.41. The van der Waals surface area contributed by atoms with Gasteiger partial charge in [0.2, 0.25) is 5.91 Å². The Hall–Kier alpha value is -1.55. The van der Waals surface area contributed by atoms with Crippen LogP contribution in [0, 0.1) is 12.8 Å². The monoisotopic (exact) mass is 279 g/mol. The van der Waals surface area contributed by atoms with Gasteiger partial charge in [0.05, 0.1) is 19.3 Å². The number of hydrogen-bond acceptors (Lipinski definition) is 3. The lowest BCUT2D eigenvalue weighted by atomic mass is 10.1. The molecule has 0 aromatic heterocycles. The van der Waals surface area contributed by atoms with Crippen molar-refractivity contribution >= 4 is 5.91 Å². The maximum atomic E-state index is 11.7. The van der Waals surface area contributed by atoms with Crippen molar-refractivity contribution in [2.75, 3.05) is 13.2 Å². The molecular weight excluding hydrogens is 254 g/mol. The molecule has 0 fully saturated rings. The Balaban J connectivity index is 2.20. The van der Waals surface area contributed by atoms with Crippen molar-refractivity contribution in [3.05, 3.63) is 29.8 Å². The summed E-state index contributed by atoms with van der Waals surface area (Å²) in [7, 11) is 0. The molecule has 2 N–H and O–H groups in total. The van der Waals surface area contributed by atoms with Crippen molar-refractivity contribution in [1.82, 2.24) is 5.32 Å². The first-order chi connectivity index (χ1) is 9.52. The Morgan fingerprint density at radius 3 is 2.50 bits per heavy atom. The largest absolute Gasteiger partial charge is 0.494 e. The number of ether oxygens (including phenoxy) is 1. The zero-order valence-electron chi connectivity index (χ0n) is 12.6. The predicted octanol–water partition coefficient (Wildman–Crippen LogP) is 2.29. The molecular formula is C16H25NO3. The number of benzene rings is 1. The van der Waals surface area contributed by atoms with Crippen LogP contribution < -0.4 is 10.1 Å². The second kappa shape index (κ2) is 8.59. The fraction of sp³-hybridized carbons (Fsp3) is 0.562. The first kappa shape index (κ1) is 16.5. The van der Waals surface area contributed by atoms with Crippen LogP contribution in [0.15, 0.2) is 24.3 Å². The molecule has 1 amide bonds. The molecule has 0 aliphatic rings. The molecule has 0 bridgehead atoms. The Kier molecular flexibility index (Phi) is 7.09. The molecule has 0 heterocycles. The Morgan fingerprint density at radius 2 is 1.95 bits per heavy atom. The maximum Gasteiger partial charge on any atom is 0.220 e. The minimum Gasteiger partial charge on any atom is -0.494 e. The second-order valence-corrected chi connectivity index (χ2v) is 5.37. The summed E-state index contributed by atoms with van der Waals surface area (Å²) in [6, 6.07) is 7.68. The van der Waals surface area contributed by atoms with E-state index in [0.717, 1.165) is 5.75 Å². The molecule has 1 aromatic carbocycles. The number of carbonyl (C=O) groups excluding carboxylic acids is 1. The molecule has 4 heteroatoms. The first-order valence-corrected chi connectivity index (χ1v) is 7.12. The van der Waals surface area contributed by atoms with Crippen LogP contribution in [0.2, 0.25) is 0 Å². The standard InChI is InChI=1S/C16H25NO3/c1-12(2)15(11-18)17-16(19)5-4-10-20-14-8-6-13(3)7-9-14/h6-9,12,15,18H,4-5,10-11H2,1-3H3,(H,17,19)/t15-/m1/s1. The van der Waals surface area contributed by atoms with Gasteiger partial charge in [-0.15, -0.1) is 0 Å². The highest BCUT2D eigenvalue weighted by Crippen LogP contribution is 2.11. The van der Waals surface area contributed by atoms with Gasteiger partial charge in [0, 0.05) is 6.42 Å². The SMILES string of the molecule is Cc1ccc(OCCCC(=O)N[C@H](CO)C(C)C)cc1. The fourth-order valence-corrected chi connectivity index (χ4v) is 1.76. The van der Waals surface area contributed by atoms with E-state index in [0.29, 0.717) is 19.4 Å². The van der Waals surface area contributed by atoms with Gasteiger partial charge < -0.3 is 15.2 Å². The smallest absolute Gasteiger partial charge is 0.220 e. The Morgan fingerprint density at radius 1 is 1.30 bits per heavy atom. The average Bonchev–Trinajstić information content (AvgIpc) is 2.42. The van der Waals surface area contributed by atoms with Gasteiger partial charge in [0.25, 0.3) is 0 Å². The van der Waals surface area contributed by atoms with Crippen molar-refractivity contribution in [3.8, 4) is 5.75 Å². The fourth-order valence-electron chi connectivity index (χ4n) is 1.76. The van der Waals surface area contributed by atoms with Crippen LogP contribution in [0.1, 0.15) is 32.3 Å². The van der Waals surface area contributed by atoms with E-state index < -0.39 is 0 Å². The third kappa shape index (κ3) is 6.06. The van der Waals surface area contributed by atoms with Crippen LogP contribution in [0.4, 0.5) is 0 Å². The van der Waals surface area contributed by atoms with Gasteiger partial charge in [0.15, 0.2) is 0 Å². The molecule has 0 aliphatic carbocycles. The van der Waals surface area contributed by atoms with Crippen LogP contribution in [-0.4, -0.2) is 30.3 Å². The van der Waals surface area contributed by atoms with Gasteiger partial charge in [-0.1, -0.05) is 31.5 Å². The normalized spacial score (nSPS) is 12.2. The summed E-state index contributed by atoms with van der Waals surface area (Å²) in [5, 5.41) is 12.0. The maximum absolute atomic E-state index is 11.7. The molecule has 4 nitrogen and oxygen atoms in total. The second-order valence-electron chi connectivity index (χ2n) is 5.37. The van der Waals surface area contributed by atoms with Gasteiger partial charge in [-0.3, -0.25) is 4.79 Å². The van der Waals surface area contributed by atoms with E-state index in [1.165, 1.54) is 5.56 Å². The van der Waals surface area contributed by atoms with E-state index in [9.17, 15) is 4.79 Å². The molecule has 0 radical (unpaired) electrons. The molecule has 1 atom stereocenters. The zero-order chi connectivity index (χ0) is 15.0. The van der Waals surface area contributed by atoms with Crippen molar-refractivity contribution in [2.45, 2.75) is 39.7 Å². The van der Waals surface area contributed by atoms with E-state index in [1.54, 1.807) is 0 Å². The first-order valence-electron chi connectivity index (χ1n) is 7.12. The van der Waals surface area contributed by atoms with E-state index in [1.807, 2.05) is 45.0 Å². The van der Waals surface area contributed by atoms with Crippen LogP contribution in [0.5, 0.6) is 5.75 Å². The summed E-state index contributed by atoms with van der Waals surface area (Å²) in [5.74, 6) is 1.02. The van der Waals surface area contributed by atoms with Gasteiger partial charge in [-0.25, -0.2) is 0 Å². The molecule has 0 unspecified atom stereocenters. The van der Waals surface area contributed by atoms with Gasteiger partial charge in [0.1, 0.15) is 5.75 Å². The van der Waals surface area contributed by atoms with E-state index in [2.05, 4.69) is 5.32 Å². The topological polar surface area (TPSA) is 58.6 Å². The third-order valence-corrected chi connectivity index (χ3v) is 3.19.